The third-order valence-corrected chi connectivity index (χ3v) is 7.89. The van der Waals surface area contributed by atoms with Crippen LogP contribution in [0.5, 0.6) is 5.75 Å². The van der Waals surface area contributed by atoms with E-state index < -0.39 is 0 Å². The minimum absolute atomic E-state index is 0.0848. The third kappa shape index (κ3) is 3.82. The van der Waals surface area contributed by atoms with Gasteiger partial charge in [0.25, 0.3) is 0 Å². The second-order valence-corrected chi connectivity index (χ2v) is 10.3. The monoisotopic (exact) mass is 509 g/mol. The lowest BCUT2D eigenvalue weighted by atomic mass is 9.74. The highest BCUT2D eigenvalue weighted by atomic mass is 32.2. The standard InChI is InChI=1S/C28H23N5O3S/c1-35-17-8-6-15(7-9-17)16-12-21-26(22(34)13-16)25(18-14-29-33-27(18)30-21)23-10-11-24(36-23)37-28-31-19-4-2-3-5-20(19)32-28/h2-11,14,16,25H,12-13H2,1H3,(H,31,32)(H2,29,30,33). The summed E-state index contributed by atoms with van der Waals surface area (Å²) in [5.41, 5.74) is 5.58. The number of Topliss-reactive ketones (excluding diaryl/α,β-unsaturated/α-hetero) is 1. The zero-order valence-electron chi connectivity index (χ0n) is 19.9. The Bertz CT molecular complexity index is 1630. The molecule has 8 nitrogen and oxygen atoms in total. The van der Waals surface area contributed by atoms with E-state index >= 15 is 0 Å². The van der Waals surface area contributed by atoms with Crippen molar-refractivity contribution in [1.82, 2.24) is 20.2 Å². The van der Waals surface area contributed by atoms with Crippen molar-refractivity contribution in [2.45, 2.75) is 34.9 Å². The molecule has 7 rings (SSSR count). The van der Waals surface area contributed by atoms with Gasteiger partial charge in [0.15, 0.2) is 21.8 Å². The van der Waals surface area contributed by atoms with Crippen LogP contribution in [0.2, 0.25) is 0 Å². The quantitative estimate of drug-likeness (QED) is 0.267. The molecule has 2 aliphatic rings. The first kappa shape index (κ1) is 22.0. The summed E-state index contributed by atoms with van der Waals surface area (Å²) in [5.74, 6) is 2.13. The summed E-state index contributed by atoms with van der Waals surface area (Å²) in [6.07, 6.45) is 3.00. The lowest BCUT2D eigenvalue weighted by Crippen LogP contribution is -2.29. The fourth-order valence-corrected chi connectivity index (χ4v) is 6.10. The van der Waals surface area contributed by atoms with Crippen LogP contribution in [0.25, 0.3) is 11.0 Å². The van der Waals surface area contributed by atoms with Gasteiger partial charge in [-0.05, 0) is 66.1 Å². The maximum absolute atomic E-state index is 13.6. The molecule has 4 heterocycles. The van der Waals surface area contributed by atoms with Crippen LogP contribution >= 0.6 is 11.8 Å². The first-order valence-electron chi connectivity index (χ1n) is 12.1. The van der Waals surface area contributed by atoms with Crippen molar-refractivity contribution in [2.75, 3.05) is 12.4 Å². The van der Waals surface area contributed by atoms with Crippen molar-refractivity contribution < 1.29 is 13.9 Å². The highest BCUT2D eigenvalue weighted by molar-refractivity contribution is 7.99. The summed E-state index contributed by atoms with van der Waals surface area (Å²) in [7, 11) is 1.65. The molecule has 0 saturated heterocycles. The Morgan fingerprint density at radius 2 is 1.92 bits per heavy atom. The summed E-state index contributed by atoms with van der Waals surface area (Å²) in [5, 5.41) is 12.3. The summed E-state index contributed by atoms with van der Waals surface area (Å²) < 4.78 is 11.6. The van der Waals surface area contributed by atoms with E-state index in [2.05, 4.69) is 25.5 Å². The lowest BCUT2D eigenvalue weighted by molar-refractivity contribution is -0.116. The zero-order chi connectivity index (χ0) is 24.9. The van der Waals surface area contributed by atoms with Gasteiger partial charge in [-0.25, -0.2) is 4.98 Å². The van der Waals surface area contributed by atoms with Crippen molar-refractivity contribution >= 4 is 34.4 Å². The average molecular weight is 510 g/mol. The van der Waals surface area contributed by atoms with E-state index in [0.29, 0.717) is 17.3 Å². The number of ether oxygens (including phenoxy) is 1. The van der Waals surface area contributed by atoms with Gasteiger partial charge in [0.1, 0.15) is 11.5 Å². The second kappa shape index (κ2) is 8.70. The van der Waals surface area contributed by atoms with Gasteiger partial charge in [0.2, 0.25) is 0 Å². The number of carbonyl (C=O) groups is 1. The molecule has 3 aromatic heterocycles. The van der Waals surface area contributed by atoms with E-state index in [9.17, 15) is 4.79 Å². The number of methoxy groups -OCH3 is 1. The molecule has 5 aromatic rings. The number of hydrogen-bond acceptors (Lipinski definition) is 7. The first-order valence-corrected chi connectivity index (χ1v) is 12.9. The molecular weight excluding hydrogens is 486 g/mol. The van der Waals surface area contributed by atoms with Gasteiger partial charge in [-0.2, -0.15) is 5.10 Å². The summed E-state index contributed by atoms with van der Waals surface area (Å²) >= 11 is 1.43. The highest BCUT2D eigenvalue weighted by Crippen LogP contribution is 2.48. The molecule has 0 amide bonds. The predicted octanol–water partition coefficient (Wildman–Crippen LogP) is 6.00. The molecule has 0 radical (unpaired) electrons. The number of nitrogens with one attached hydrogen (secondary N) is 3. The Morgan fingerprint density at radius 3 is 2.76 bits per heavy atom. The molecule has 37 heavy (non-hydrogen) atoms. The van der Waals surface area contributed by atoms with Crippen LogP contribution in [0.4, 0.5) is 5.82 Å². The molecule has 9 heteroatoms. The largest absolute Gasteiger partial charge is 0.497 e. The van der Waals surface area contributed by atoms with Gasteiger partial charge in [0, 0.05) is 29.5 Å². The van der Waals surface area contributed by atoms with Gasteiger partial charge in [0.05, 0.1) is 24.1 Å². The Kier molecular flexibility index (Phi) is 5.17. The number of imidazole rings is 1. The fraction of sp³-hybridized carbons (Fsp3) is 0.179. The Labute approximate surface area is 216 Å². The van der Waals surface area contributed by atoms with Crippen LogP contribution < -0.4 is 10.1 Å². The molecule has 3 N–H and O–H groups in total. The maximum Gasteiger partial charge on any atom is 0.174 e. The smallest absolute Gasteiger partial charge is 0.174 e. The van der Waals surface area contributed by atoms with Crippen LogP contribution in [0, 0.1) is 0 Å². The third-order valence-electron chi connectivity index (χ3n) is 7.09. The topological polar surface area (TPSA) is 109 Å². The minimum Gasteiger partial charge on any atom is -0.497 e. The molecule has 1 aliphatic heterocycles. The Morgan fingerprint density at radius 1 is 1.05 bits per heavy atom. The summed E-state index contributed by atoms with van der Waals surface area (Å²) in [4.78, 5) is 21.6. The molecule has 184 valence electrons. The average Bonchev–Trinajstić information content (AvgIpc) is 3.67. The van der Waals surface area contributed by atoms with Crippen molar-refractivity contribution in [3.05, 3.63) is 95.0 Å². The van der Waals surface area contributed by atoms with Crippen LogP contribution in [-0.2, 0) is 4.79 Å². The number of rotatable bonds is 5. The van der Waals surface area contributed by atoms with Crippen molar-refractivity contribution in [1.29, 1.82) is 0 Å². The van der Waals surface area contributed by atoms with E-state index in [0.717, 1.165) is 56.6 Å². The highest BCUT2D eigenvalue weighted by Gasteiger charge is 2.40. The van der Waals surface area contributed by atoms with E-state index in [4.69, 9.17) is 9.15 Å². The number of nitrogens with zero attached hydrogens (tertiary/aromatic N) is 2. The molecule has 2 unspecified atom stereocenters. The zero-order valence-corrected chi connectivity index (χ0v) is 20.8. The second-order valence-electron chi connectivity index (χ2n) is 9.26. The van der Waals surface area contributed by atoms with Crippen LogP contribution in [0.1, 0.15) is 41.6 Å². The Balaban J connectivity index is 1.21. The lowest BCUT2D eigenvalue weighted by Gasteiger charge is -2.33. The molecule has 0 saturated carbocycles. The summed E-state index contributed by atoms with van der Waals surface area (Å²) in [6, 6.07) is 19.8. The number of anilines is 1. The van der Waals surface area contributed by atoms with E-state index in [1.165, 1.54) is 11.8 Å². The number of carbonyl (C=O) groups excluding carboxylic acids is 1. The van der Waals surface area contributed by atoms with Gasteiger partial charge in [-0.3, -0.25) is 9.89 Å². The minimum atomic E-state index is -0.320. The maximum atomic E-state index is 13.6. The molecule has 0 bridgehead atoms. The van der Waals surface area contributed by atoms with Gasteiger partial charge >= 0.3 is 0 Å². The van der Waals surface area contributed by atoms with E-state index in [1.54, 1.807) is 7.11 Å². The van der Waals surface area contributed by atoms with E-state index in [1.807, 2.05) is 66.9 Å². The van der Waals surface area contributed by atoms with Gasteiger partial charge in [-0.1, -0.05) is 24.3 Å². The van der Waals surface area contributed by atoms with Crippen molar-refractivity contribution in [3.8, 4) is 5.75 Å². The summed E-state index contributed by atoms with van der Waals surface area (Å²) in [6.45, 7) is 0. The number of allylic oxidation sites excluding steroid dienone is 2. The number of aromatic amines is 2. The van der Waals surface area contributed by atoms with Crippen molar-refractivity contribution in [3.63, 3.8) is 0 Å². The first-order chi connectivity index (χ1) is 18.2. The van der Waals surface area contributed by atoms with Crippen molar-refractivity contribution in [2.24, 2.45) is 0 Å². The number of benzene rings is 2. The van der Waals surface area contributed by atoms with Gasteiger partial charge in [-0.15, -0.1) is 0 Å². The number of ketones is 1. The number of hydrogen-bond donors (Lipinski definition) is 3. The molecule has 2 aromatic carbocycles. The number of furan rings is 1. The van der Waals surface area contributed by atoms with Gasteiger partial charge < -0.3 is 19.5 Å². The van der Waals surface area contributed by atoms with E-state index in [-0.39, 0.29) is 17.6 Å². The predicted molar refractivity (Wildman–Crippen MR) is 140 cm³/mol. The van der Waals surface area contributed by atoms with Crippen LogP contribution in [-0.4, -0.2) is 33.1 Å². The molecule has 0 spiro atoms. The molecule has 2 atom stereocenters. The van der Waals surface area contributed by atoms with Crippen LogP contribution in [0.15, 0.2) is 92.8 Å². The fourth-order valence-electron chi connectivity index (χ4n) is 5.33. The number of para-hydroxylation sites is 2. The van der Waals surface area contributed by atoms with Crippen LogP contribution in [0.3, 0.4) is 0 Å². The molecule has 0 fully saturated rings. The Hall–Kier alpha value is -4.24. The molecular formula is C28H23N5O3S. The molecule has 1 aliphatic carbocycles. The number of fused-ring (bicyclic) bond motifs is 2. The normalized spacial score (nSPS) is 19.0. The SMILES string of the molecule is COc1ccc(C2CC(=O)C3=C(C2)Nc2n[nH]cc2C3c2ccc(Sc3nc4ccccc4[nH]3)o2)cc1. The number of aromatic nitrogens is 4. The number of H-pyrrole nitrogens is 2.